The molecule has 1 amide bonds. The quantitative estimate of drug-likeness (QED) is 0.330. The molecular formula is C26H22N2O4. The van der Waals surface area contributed by atoms with E-state index in [0.29, 0.717) is 17.9 Å². The van der Waals surface area contributed by atoms with Crippen LogP contribution < -0.4 is 10.1 Å². The van der Waals surface area contributed by atoms with Gasteiger partial charge < -0.3 is 14.8 Å². The summed E-state index contributed by atoms with van der Waals surface area (Å²) in [6.45, 7) is 2.48. The van der Waals surface area contributed by atoms with E-state index in [1.54, 1.807) is 42.5 Å². The number of anilines is 1. The number of hydrogen-bond acceptors (Lipinski definition) is 5. The number of rotatable bonds is 7. The van der Waals surface area contributed by atoms with Gasteiger partial charge in [0.25, 0.3) is 5.91 Å². The van der Waals surface area contributed by atoms with Crippen LogP contribution in [-0.4, -0.2) is 19.0 Å². The second-order valence-corrected chi connectivity index (χ2v) is 7.00. The molecule has 0 fully saturated rings. The maximum absolute atomic E-state index is 12.6. The number of methoxy groups -OCH3 is 1. The Kier molecular flexibility index (Phi) is 7.39. The van der Waals surface area contributed by atoms with Gasteiger partial charge in [0.2, 0.25) is 0 Å². The molecule has 0 aromatic heterocycles. The largest absolute Gasteiger partial charge is 0.489 e. The zero-order valence-corrected chi connectivity index (χ0v) is 17.8. The number of nitrogens with zero attached hydrogens (tertiary/aromatic N) is 1. The van der Waals surface area contributed by atoms with Crippen LogP contribution in [0.1, 0.15) is 27.0 Å². The monoisotopic (exact) mass is 426 g/mol. The molecule has 3 aromatic rings. The molecule has 0 heterocycles. The number of esters is 1. The lowest BCUT2D eigenvalue weighted by molar-refractivity contribution is -0.112. The SMILES string of the molecule is COC(=O)c1ccccc1NC(=O)/C(C#N)=C\c1ccc(OCc2ccc(C)cc2)cc1. The molecule has 3 aromatic carbocycles. The second-order valence-electron chi connectivity index (χ2n) is 7.00. The van der Waals surface area contributed by atoms with E-state index in [1.165, 1.54) is 24.8 Å². The van der Waals surface area contributed by atoms with Crippen molar-refractivity contribution in [2.45, 2.75) is 13.5 Å². The van der Waals surface area contributed by atoms with Gasteiger partial charge in [0.05, 0.1) is 18.4 Å². The van der Waals surface area contributed by atoms with Crippen molar-refractivity contribution in [3.63, 3.8) is 0 Å². The van der Waals surface area contributed by atoms with Crippen molar-refractivity contribution >= 4 is 23.6 Å². The average Bonchev–Trinajstić information content (AvgIpc) is 2.82. The van der Waals surface area contributed by atoms with E-state index in [-0.39, 0.29) is 16.8 Å². The zero-order valence-electron chi connectivity index (χ0n) is 17.8. The summed E-state index contributed by atoms with van der Waals surface area (Å²) < 4.78 is 10.5. The number of hydrogen-bond donors (Lipinski definition) is 1. The number of aryl methyl sites for hydroxylation is 1. The van der Waals surface area contributed by atoms with Gasteiger partial charge in [-0.25, -0.2) is 4.79 Å². The number of nitriles is 1. The first kappa shape index (κ1) is 22.3. The summed E-state index contributed by atoms with van der Waals surface area (Å²) in [6.07, 6.45) is 1.47. The van der Waals surface area contributed by atoms with Crippen molar-refractivity contribution < 1.29 is 19.1 Å². The molecule has 0 aliphatic carbocycles. The first-order valence-electron chi connectivity index (χ1n) is 9.89. The fourth-order valence-electron chi connectivity index (χ4n) is 2.90. The van der Waals surface area contributed by atoms with E-state index in [1.807, 2.05) is 37.3 Å². The van der Waals surface area contributed by atoms with E-state index in [0.717, 1.165) is 5.56 Å². The van der Waals surface area contributed by atoms with E-state index < -0.39 is 11.9 Å². The van der Waals surface area contributed by atoms with Crippen molar-refractivity contribution in [3.05, 3.63) is 101 Å². The summed E-state index contributed by atoms with van der Waals surface area (Å²) in [5.74, 6) is -0.522. The molecule has 0 spiro atoms. The molecule has 0 saturated heterocycles. The molecular weight excluding hydrogens is 404 g/mol. The molecule has 0 aliphatic rings. The summed E-state index contributed by atoms with van der Waals surface area (Å²) in [7, 11) is 1.26. The Morgan fingerprint density at radius 3 is 2.34 bits per heavy atom. The van der Waals surface area contributed by atoms with Gasteiger partial charge in [-0.15, -0.1) is 0 Å². The molecule has 0 aliphatic heterocycles. The molecule has 0 atom stereocenters. The van der Waals surface area contributed by atoms with Gasteiger partial charge in [0, 0.05) is 0 Å². The standard InChI is InChI=1S/C26H22N2O4/c1-18-7-9-20(10-8-18)17-32-22-13-11-19(12-14-22)15-21(16-27)25(29)28-24-6-4-3-5-23(24)26(30)31-2/h3-15H,17H2,1-2H3,(H,28,29)/b21-15-. The fourth-order valence-corrected chi connectivity index (χ4v) is 2.90. The minimum Gasteiger partial charge on any atom is -0.489 e. The molecule has 0 radical (unpaired) electrons. The number of carbonyl (C=O) groups excluding carboxylic acids is 2. The Hall–Kier alpha value is -4.37. The maximum Gasteiger partial charge on any atom is 0.339 e. The third-order valence-corrected chi connectivity index (χ3v) is 4.66. The van der Waals surface area contributed by atoms with Gasteiger partial charge in [-0.05, 0) is 48.4 Å². The molecule has 6 heteroatoms. The molecule has 32 heavy (non-hydrogen) atoms. The normalized spacial score (nSPS) is 10.7. The Morgan fingerprint density at radius 2 is 1.69 bits per heavy atom. The Bertz CT molecular complexity index is 1170. The predicted octanol–water partition coefficient (Wildman–Crippen LogP) is 4.91. The molecule has 0 unspecified atom stereocenters. The van der Waals surface area contributed by atoms with Crippen molar-refractivity contribution in [2.75, 3.05) is 12.4 Å². The zero-order chi connectivity index (χ0) is 22.9. The Balaban J connectivity index is 1.68. The second kappa shape index (κ2) is 10.6. The van der Waals surface area contributed by atoms with E-state index in [2.05, 4.69) is 5.32 Å². The highest BCUT2D eigenvalue weighted by Gasteiger charge is 2.15. The third kappa shape index (κ3) is 5.83. The van der Waals surface area contributed by atoms with Crippen molar-refractivity contribution in [1.29, 1.82) is 5.26 Å². The highest BCUT2D eigenvalue weighted by Crippen LogP contribution is 2.19. The third-order valence-electron chi connectivity index (χ3n) is 4.66. The minimum atomic E-state index is -0.622. The van der Waals surface area contributed by atoms with Crippen LogP contribution in [0.3, 0.4) is 0 Å². The van der Waals surface area contributed by atoms with Crippen molar-refractivity contribution in [3.8, 4) is 11.8 Å². The number of amides is 1. The summed E-state index contributed by atoms with van der Waals surface area (Å²) in [5.41, 5.74) is 3.30. The van der Waals surface area contributed by atoms with Gasteiger partial charge >= 0.3 is 5.97 Å². The molecule has 0 saturated carbocycles. The lowest BCUT2D eigenvalue weighted by Gasteiger charge is -2.09. The van der Waals surface area contributed by atoms with Crippen LogP contribution in [0.2, 0.25) is 0 Å². The highest BCUT2D eigenvalue weighted by atomic mass is 16.5. The smallest absolute Gasteiger partial charge is 0.339 e. The lowest BCUT2D eigenvalue weighted by atomic mass is 10.1. The topological polar surface area (TPSA) is 88.4 Å². The van der Waals surface area contributed by atoms with Gasteiger partial charge in [0.15, 0.2) is 0 Å². The van der Waals surface area contributed by atoms with Crippen LogP contribution in [0.5, 0.6) is 5.75 Å². The van der Waals surface area contributed by atoms with Crippen LogP contribution in [-0.2, 0) is 16.1 Å². The van der Waals surface area contributed by atoms with Crippen LogP contribution in [0.4, 0.5) is 5.69 Å². The number of para-hydroxylation sites is 1. The van der Waals surface area contributed by atoms with E-state index in [4.69, 9.17) is 9.47 Å². The average molecular weight is 426 g/mol. The molecule has 1 N–H and O–H groups in total. The summed E-state index contributed by atoms with van der Waals surface area (Å²) >= 11 is 0. The van der Waals surface area contributed by atoms with Crippen LogP contribution in [0.25, 0.3) is 6.08 Å². The summed E-state index contributed by atoms with van der Waals surface area (Å²) in [5, 5.41) is 12.0. The molecule has 0 bridgehead atoms. The van der Waals surface area contributed by atoms with Crippen molar-refractivity contribution in [1.82, 2.24) is 0 Å². The maximum atomic E-state index is 12.6. The molecule has 160 valence electrons. The first-order chi connectivity index (χ1) is 15.5. The minimum absolute atomic E-state index is 0.0991. The van der Waals surface area contributed by atoms with Crippen LogP contribution in [0, 0.1) is 18.3 Å². The molecule has 3 rings (SSSR count). The lowest BCUT2D eigenvalue weighted by Crippen LogP contribution is -2.16. The van der Waals surface area contributed by atoms with Crippen LogP contribution >= 0.6 is 0 Å². The predicted molar refractivity (Wildman–Crippen MR) is 122 cm³/mol. The number of ether oxygens (including phenoxy) is 2. The Labute approximate surface area is 186 Å². The summed E-state index contributed by atoms with van der Waals surface area (Å²) in [4.78, 5) is 24.5. The van der Waals surface area contributed by atoms with E-state index >= 15 is 0 Å². The van der Waals surface area contributed by atoms with Gasteiger partial charge in [-0.3, -0.25) is 4.79 Å². The van der Waals surface area contributed by atoms with Gasteiger partial charge in [-0.1, -0.05) is 54.1 Å². The first-order valence-corrected chi connectivity index (χ1v) is 9.89. The number of nitrogens with one attached hydrogen (secondary N) is 1. The van der Waals surface area contributed by atoms with E-state index in [9.17, 15) is 14.9 Å². The van der Waals surface area contributed by atoms with Gasteiger partial charge in [-0.2, -0.15) is 5.26 Å². The van der Waals surface area contributed by atoms with Crippen molar-refractivity contribution in [2.24, 2.45) is 0 Å². The Morgan fingerprint density at radius 1 is 1.00 bits per heavy atom. The fraction of sp³-hybridized carbons (Fsp3) is 0.115. The number of carbonyl (C=O) groups is 2. The highest BCUT2D eigenvalue weighted by molar-refractivity contribution is 6.11. The van der Waals surface area contributed by atoms with Gasteiger partial charge in [0.1, 0.15) is 24.0 Å². The van der Waals surface area contributed by atoms with Crippen LogP contribution in [0.15, 0.2) is 78.4 Å². The number of benzene rings is 3. The summed E-state index contributed by atoms with van der Waals surface area (Å²) in [6, 6.07) is 23.5. The molecule has 6 nitrogen and oxygen atoms in total.